The minimum Gasteiger partial charge on any atom is -0.394 e. The monoisotopic (exact) mass is 302 g/mol. The highest BCUT2D eigenvalue weighted by Crippen LogP contribution is 2.23. The summed E-state index contributed by atoms with van der Waals surface area (Å²) in [4.78, 5) is 11.8. The third-order valence-corrected chi connectivity index (χ3v) is 3.67. The number of rotatable bonds is 8. The normalized spacial score (nSPS) is 33.5. The Hall–Kier alpha value is -0.790. The zero-order valence-electron chi connectivity index (χ0n) is 12.4. The minimum absolute atomic E-state index is 0.0915. The van der Waals surface area contributed by atoms with Crippen molar-refractivity contribution in [3.63, 3.8) is 0 Å². The molecule has 122 valence electrons. The molecule has 0 saturated carbocycles. The first-order valence-electron chi connectivity index (χ1n) is 7.51. The number of unbranched alkanes of at least 4 members (excludes halogenated alkanes) is 3. The number of hydrogen-bond donors (Lipinski definition) is 4. The number of carbonyl (C=O) groups is 1. The van der Waals surface area contributed by atoms with Gasteiger partial charge in [-0.3, -0.25) is 4.79 Å². The maximum Gasteiger partial charge on any atom is 0.158 e. The Morgan fingerprint density at radius 2 is 1.76 bits per heavy atom. The molecule has 0 aromatic carbocycles. The van der Waals surface area contributed by atoms with Crippen molar-refractivity contribution in [2.24, 2.45) is 0 Å². The number of hydrogen-bond acceptors (Lipinski definition) is 6. The lowest BCUT2D eigenvalue weighted by Gasteiger charge is -2.39. The van der Waals surface area contributed by atoms with Crippen LogP contribution in [0, 0.1) is 0 Å². The Balaban J connectivity index is 2.47. The van der Waals surface area contributed by atoms with Crippen LogP contribution in [0.3, 0.4) is 0 Å². The fourth-order valence-electron chi connectivity index (χ4n) is 2.34. The number of allylic oxidation sites excluding steroid dienone is 2. The van der Waals surface area contributed by atoms with E-state index >= 15 is 0 Å². The summed E-state index contributed by atoms with van der Waals surface area (Å²) in [5.74, 6) is -0.212. The SMILES string of the molecule is CCCCCC=CC(=O)C[C@@H]1OC(CO)[C@@H](O)[C@H](O)C1O. The first-order valence-corrected chi connectivity index (χ1v) is 7.51. The van der Waals surface area contributed by atoms with E-state index in [0.29, 0.717) is 0 Å². The predicted octanol–water partition coefficient (Wildman–Crippen LogP) is -0.0755. The van der Waals surface area contributed by atoms with Crippen molar-refractivity contribution in [1.29, 1.82) is 0 Å². The maximum atomic E-state index is 11.8. The first kappa shape index (κ1) is 18.3. The molecule has 1 fully saturated rings. The summed E-state index contributed by atoms with van der Waals surface area (Å²) in [6, 6.07) is 0. The number of ether oxygens (including phenoxy) is 1. The second kappa shape index (κ2) is 9.27. The zero-order valence-corrected chi connectivity index (χ0v) is 12.4. The summed E-state index contributed by atoms with van der Waals surface area (Å²) < 4.78 is 5.28. The van der Waals surface area contributed by atoms with Gasteiger partial charge in [-0.05, 0) is 18.9 Å². The summed E-state index contributed by atoms with van der Waals surface area (Å²) in [7, 11) is 0. The molecule has 1 aliphatic rings. The van der Waals surface area contributed by atoms with Crippen molar-refractivity contribution in [2.75, 3.05) is 6.61 Å². The topological polar surface area (TPSA) is 107 Å². The van der Waals surface area contributed by atoms with E-state index in [-0.39, 0.29) is 12.2 Å². The molecule has 0 aromatic rings. The molecule has 0 bridgehead atoms. The highest BCUT2D eigenvalue weighted by Gasteiger charge is 2.43. The summed E-state index contributed by atoms with van der Waals surface area (Å²) in [5.41, 5.74) is 0. The molecule has 21 heavy (non-hydrogen) atoms. The van der Waals surface area contributed by atoms with E-state index in [0.717, 1.165) is 25.7 Å². The third kappa shape index (κ3) is 5.48. The summed E-state index contributed by atoms with van der Waals surface area (Å²) in [5, 5.41) is 38.2. The van der Waals surface area contributed by atoms with Crippen LogP contribution in [0.5, 0.6) is 0 Å². The van der Waals surface area contributed by atoms with Crippen LogP contribution >= 0.6 is 0 Å². The molecule has 0 amide bonds. The molecule has 1 rings (SSSR count). The molecule has 5 atom stereocenters. The summed E-state index contributed by atoms with van der Waals surface area (Å²) in [6.07, 6.45) is 1.20. The van der Waals surface area contributed by atoms with E-state index in [1.807, 2.05) is 0 Å². The zero-order chi connectivity index (χ0) is 15.8. The molecular weight excluding hydrogens is 276 g/mol. The molecule has 0 radical (unpaired) electrons. The number of aliphatic hydroxyl groups is 4. The van der Waals surface area contributed by atoms with Gasteiger partial charge in [0.15, 0.2) is 5.78 Å². The van der Waals surface area contributed by atoms with Gasteiger partial charge >= 0.3 is 0 Å². The van der Waals surface area contributed by atoms with Gasteiger partial charge in [-0.15, -0.1) is 0 Å². The van der Waals surface area contributed by atoms with Crippen LogP contribution in [0.1, 0.15) is 39.0 Å². The molecule has 6 heteroatoms. The quantitative estimate of drug-likeness (QED) is 0.369. The van der Waals surface area contributed by atoms with E-state index in [4.69, 9.17) is 9.84 Å². The van der Waals surface area contributed by atoms with Gasteiger partial charge in [0.2, 0.25) is 0 Å². The van der Waals surface area contributed by atoms with Gasteiger partial charge in [-0.1, -0.05) is 25.8 Å². The van der Waals surface area contributed by atoms with Crippen molar-refractivity contribution in [1.82, 2.24) is 0 Å². The molecule has 1 heterocycles. The fraction of sp³-hybridized carbons (Fsp3) is 0.800. The van der Waals surface area contributed by atoms with Gasteiger partial charge in [-0.2, -0.15) is 0 Å². The van der Waals surface area contributed by atoms with Crippen LogP contribution < -0.4 is 0 Å². The Bertz CT molecular complexity index is 341. The molecule has 0 aliphatic carbocycles. The van der Waals surface area contributed by atoms with E-state index in [1.165, 1.54) is 6.08 Å². The second-order valence-electron chi connectivity index (χ2n) is 5.44. The van der Waals surface area contributed by atoms with E-state index in [2.05, 4.69) is 6.92 Å². The summed E-state index contributed by atoms with van der Waals surface area (Å²) >= 11 is 0. The molecule has 4 N–H and O–H groups in total. The second-order valence-corrected chi connectivity index (χ2v) is 5.44. The fourth-order valence-corrected chi connectivity index (χ4v) is 2.34. The van der Waals surface area contributed by atoms with Crippen molar-refractivity contribution in [3.8, 4) is 0 Å². The molecule has 6 nitrogen and oxygen atoms in total. The van der Waals surface area contributed by atoms with Gasteiger partial charge in [0.25, 0.3) is 0 Å². The van der Waals surface area contributed by atoms with Gasteiger partial charge in [0.1, 0.15) is 24.4 Å². The maximum absolute atomic E-state index is 11.8. The first-order chi connectivity index (χ1) is 10.0. The predicted molar refractivity (Wildman–Crippen MR) is 76.7 cm³/mol. The Kier molecular flexibility index (Phi) is 8.06. The van der Waals surface area contributed by atoms with Gasteiger partial charge < -0.3 is 25.2 Å². The molecule has 0 aromatic heterocycles. The average molecular weight is 302 g/mol. The molecule has 2 unspecified atom stereocenters. The van der Waals surface area contributed by atoms with E-state index in [9.17, 15) is 20.1 Å². The standard InChI is InChI=1S/C15H26O6/c1-2-3-4-5-6-7-10(17)8-11-13(18)15(20)14(19)12(9-16)21-11/h6-7,11-16,18-20H,2-5,8-9H2,1H3/t11-,12?,13?,14+,15+/m0/s1. The van der Waals surface area contributed by atoms with Crippen molar-refractivity contribution in [3.05, 3.63) is 12.2 Å². The van der Waals surface area contributed by atoms with Crippen LogP contribution in [-0.4, -0.2) is 63.3 Å². The third-order valence-electron chi connectivity index (χ3n) is 3.67. The highest BCUT2D eigenvalue weighted by molar-refractivity contribution is 5.90. The Morgan fingerprint density at radius 3 is 2.38 bits per heavy atom. The lowest BCUT2D eigenvalue weighted by Crippen LogP contribution is -2.58. The minimum atomic E-state index is -1.43. The van der Waals surface area contributed by atoms with Gasteiger partial charge in [0, 0.05) is 6.42 Å². The lowest BCUT2D eigenvalue weighted by atomic mass is 9.92. The molecular formula is C15H26O6. The largest absolute Gasteiger partial charge is 0.394 e. The smallest absolute Gasteiger partial charge is 0.158 e. The Morgan fingerprint density at radius 1 is 1.10 bits per heavy atom. The lowest BCUT2D eigenvalue weighted by molar-refractivity contribution is -0.229. The van der Waals surface area contributed by atoms with Crippen LogP contribution in [0.2, 0.25) is 0 Å². The van der Waals surface area contributed by atoms with Gasteiger partial charge in [-0.25, -0.2) is 0 Å². The van der Waals surface area contributed by atoms with Crippen molar-refractivity contribution >= 4 is 5.78 Å². The van der Waals surface area contributed by atoms with E-state index < -0.39 is 37.1 Å². The number of ketones is 1. The Labute approximate surface area is 125 Å². The highest BCUT2D eigenvalue weighted by atomic mass is 16.5. The van der Waals surface area contributed by atoms with Crippen LogP contribution in [0.25, 0.3) is 0 Å². The number of aliphatic hydroxyl groups excluding tert-OH is 4. The van der Waals surface area contributed by atoms with E-state index in [1.54, 1.807) is 6.08 Å². The van der Waals surface area contributed by atoms with Crippen LogP contribution in [0.4, 0.5) is 0 Å². The number of carbonyl (C=O) groups excluding carboxylic acids is 1. The average Bonchev–Trinajstić information content (AvgIpc) is 2.47. The van der Waals surface area contributed by atoms with Crippen molar-refractivity contribution in [2.45, 2.75) is 69.5 Å². The van der Waals surface area contributed by atoms with Crippen LogP contribution in [-0.2, 0) is 9.53 Å². The van der Waals surface area contributed by atoms with Crippen LogP contribution in [0.15, 0.2) is 12.2 Å². The van der Waals surface area contributed by atoms with Crippen molar-refractivity contribution < 1.29 is 30.0 Å². The molecule has 1 aliphatic heterocycles. The molecule has 1 saturated heterocycles. The summed E-state index contributed by atoms with van der Waals surface area (Å²) in [6.45, 7) is 1.62. The molecule has 0 spiro atoms. The van der Waals surface area contributed by atoms with Gasteiger partial charge in [0.05, 0.1) is 12.7 Å².